The van der Waals surface area contributed by atoms with Gasteiger partial charge in [-0.15, -0.1) is 0 Å². The zero-order chi connectivity index (χ0) is 25.7. The summed E-state index contributed by atoms with van der Waals surface area (Å²) in [7, 11) is 0. The van der Waals surface area contributed by atoms with E-state index in [0.717, 1.165) is 12.0 Å². The van der Waals surface area contributed by atoms with Gasteiger partial charge in [-0.2, -0.15) is 0 Å². The molecule has 2 aliphatic rings. The van der Waals surface area contributed by atoms with Crippen LogP contribution < -0.4 is 10.2 Å². The van der Waals surface area contributed by atoms with E-state index in [4.69, 9.17) is 4.74 Å². The van der Waals surface area contributed by atoms with E-state index in [9.17, 15) is 14.4 Å². The normalized spacial score (nSPS) is 18.2. The van der Waals surface area contributed by atoms with Crippen molar-refractivity contribution in [3.63, 3.8) is 0 Å². The van der Waals surface area contributed by atoms with Crippen molar-refractivity contribution in [1.29, 1.82) is 0 Å². The summed E-state index contributed by atoms with van der Waals surface area (Å²) in [5.41, 5.74) is 0.893. The SMILES string of the molecule is CC(C)(C)OC(=O)N1CCC[C@H]1C(=O)Nc1ccc(CC(=O)N2CCN(c3ncccn3)CC2)cc1. The molecule has 3 heterocycles. The van der Waals surface area contributed by atoms with E-state index in [-0.39, 0.29) is 11.8 Å². The Morgan fingerprint density at radius 2 is 1.67 bits per heavy atom. The predicted molar refractivity (Wildman–Crippen MR) is 136 cm³/mol. The minimum atomic E-state index is -0.613. The van der Waals surface area contributed by atoms with Crippen LogP contribution in [0.1, 0.15) is 39.2 Å². The van der Waals surface area contributed by atoms with Crippen molar-refractivity contribution in [2.24, 2.45) is 0 Å². The highest BCUT2D eigenvalue weighted by atomic mass is 16.6. The monoisotopic (exact) mass is 494 g/mol. The van der Waals surface area contributed by atoms with Gasteiger partial charge in [0.15, 0.2) is 0 Å². The largest absolute Gasteiger partial charge is 0.444 e. The topological polar surface area (TPSA) is 108 Å². The molecule has 4 rings (SSSR count). The van der Waals surface area contributed by atoms with Crippen LogP contribution in [0.25, 0.3) is 0 Å². The molecular weight excluding hydrogens is 460 g/mol. The first-order valence-electron chi connectivity index (χ1n) is 12.4. The number of ether oxygens (including phenoxy) is 1. The molecule has 0 aliphatic carbocycles. The Morgan fingerprint density at radius 3 is 2.31 bits per heavy atom. The fourth-order valence-electron chi connectivity index (χ4n) is 4.41. The number of carbonyl (C=O) groups excluding carboxylic acids is 3. The van der Waals surface area contributed by atoms with Crippen LogP contribution >= 0.6 is 0 Å². The van der Waals surface area contributed by atoms with Crippen molar-refractivity contribution in [3.05, 3.63) is 48.3 Å². The lowest BCUT2D eigenvalue weighted by Crippen LogP contribution is -2.49. The number of nitrogens with zero attached hydrogens (tertiary/aromatic N) is 5. The average Bonchev–Trinajstić information content (AvgIpc) is 3.35. The van der Waals surface area contributed by atoms with E-state index in [1.165, 1.54) is 4.90 Å². The van der Waals surface area contributed by atoms with Gasteiger partial charge in [0.05, 0.1) is 6.42 Å². The molecule has 0 saturated carbocycles. The minimum absolute atomic E-state index is 0.0689. The number of rotatable bonds is 5. The lowest BCUT2D eigenvalue weighted by atomic mass is 10.1. The molecule has 0 radical (unpaired) electrons. The van der Waals surface area contributed by atoms with E-state index in [1.54, 1.807) is 30.6 Å². The quantitative estimate of drug-likeness (QED) is 0.681. The van der Waals surface area contributed by atoms with Gasteiger partial charge in [0.1, 0.15) is 11.6 Å². The Balaban J connectivity index is 1.26. The highest BCUT2D eigenvalue weighted by Gasteiger charge is 2.36. The molecule has 2 fully saturated rings. The molecule has 1 aromatic carbocycles. The second kappa shape index (κ2) is 10.9. The lowest BCUT2D eigenvalue weighted by Gasteiger charge is -2.34. The molecule has 10 nitrogen and oxygen atoms in total. The summed E-state index contributed by atoms with van der Waals surface area (Å²) in [6.45, 7) is 8.57. The zero-order valence-electron chi connectivity index (χ0n) is 21.1. The summed E-state index contributed by atoms with van der Waals surface area (Å²) in [6, 6.07) is 8.51. The second-order valence-corrected chi connectivity index (χ2v) is 10.1. The van der Waals surface area contributed by atoms with E-state index in [1.807, 2.05) is 37.8 Å². The van der Waals surface area contributed by atoms with Gasteiger partial charge in [-0.25, -0.2) is 14.8 Å². The molecule has 2 aromatic rings. The number of piperazine rings is 1. The molecule has 36 heavy (non-hydrogen) atoms. The third-order valence-electron chi connectivity index (χ3n) is 6.23. The van der Waals surface area contributed by atoms with Crippen molar-refractivity contribution in [3.8, 4) is 0 Å². The van der Waals surface area contributed by atoms with Crippen molar-refractivity contribution in [2.45, 2.75) is 51.7 Å². The molecule has 3 amide bonds. The van der Waals surface area contributed by atoms with Crippen molar-refractivity contribution in [2.75, 3.05) is 42.9 Å². The van der Waals surface area contributed by atoms with E-state index in [2.05, 4.69) is 20.2 Å². The molecule has 1 atom stereocenters. The van der Waals surface area contributed by atoms with Gasteiger partial charge in [-0.1, -0.05) is 12.1 Å². The van der Waals surface area contributed by atoms with Crippen LogP contribution in [-0.2, 0) is 20.7 Å². The summed E-state index contributed by atoms with van der Waals surface area (Å²) in [5.74, 6) is 0.524. The van der Waals surface area contributed by atoms with Crippen LogP contribution in [-0.4, -0.2) is 82.0 Å². The first-order chi connectivity index (χ1) is 17.2. The van der Waals surface area contributed by atoms with Crippen molar-refractivity contribution >= 4 is 29.5 Å². The number of carbonyl (C=O) groups is 3. The van der Waals surface area contributed by atoms with Crippen LogP contribution in [0.15, 0.2) is 42.7 Å². The van der Waals surface area contributed by atoms with Gasteiger partial charge >= 0.3 is 6.09 Å². The third kappa shape index (κ3) is 6.50. The van der Waals surface area contributed by atoms with Crippen LogP contribution in [0.4, 0.5) is 16.4 Å². The van der Waals surface area contributed by atoms with Crippen LogP contribution in [0.5, 0.6) is 0 Å². The summed E-state index contributed by atoms with van der Waals surface area (Å²) < 4.78 is 5.45. The maximum Gasteiger partial charge on any atom is 0.410 e. The number of benzene rings is 1. The van der Waals surface area contributed by atoms with Crippen LogP contribution in [0, 0.1) is 0 Å². The Bertz CT molecular complexity index is 1060. The highest BCUT2D eigenvalue weighted by molar-refractivity contribution is 5.97. The molecule has 2 aliphatic heterocycles. The maximum absolute atomic E-state index is 12.9. The number of likely N-dealkylation sites (tertiary alicyclic amines) is 1. The summed E-state index contributed by atoms with van der Waals surface area (Å²) >= 11 is 0. The molecule has 1 N–H and O–H groups in total. The summed E-state index contributed by atoms with van der Waals surface area (Å²) in [6.07, 6.45) is 4.62. The summed E-state index contributed by atoms with van der Waals surface area (Å²) in [5, 5.41) is 2.89. The molecule has 10 heteroatoms. The third-order valence-corrected chi connectivity index (χ3v) is 6.23. The maximum atomic E-state index is 12.9. The number of hydrogen-bond acceptors (Lipinski definition) is 7. The standard InChI is InChI=1S/C26H34N6O4/c1-26(2,3)36-25(35)32-13-4-6-21(32)23(34)29-20-9-7-19(8-10-20)18-22(33)30-14-16-31(17-15-30)24-27-11-5-12-28-24/h5,7-12,21H,4,6,13-18H2,1-3H3,(H,29,34)/t21-/m0/s1. The number of nitrogens with one attached hydrogen (secondary N) is 1. The fourth-order valence-corrected chi connectivity index (χ4v) is 4.41. The first-order valence-corrected chi connectivity index (χ1v) is 12.4. The van der Waals surface area contributed by atoms with Gasteiger partial charge in [0.25, 0.3) is 0 Å². The van der Waals surface area contributed by atoms with Crippen LogP contribution in [0.3, 0.4) is 0 Å². The smallest absolute Gasteiger partial charge is 0.410 e. The van der Waals surface area contributed by atoms with Gasteiger partial charge in [-0.3, -0.25) is 14.5 Å². The minimum Gasteiger partial charge on any atom is -0.444 e. The second-order valence-electron chi connectivity index (χ2n) is 10.1. The molecule has 1 aromatic heterocycles. The molecule has 192 valence electrons. The number of hydrogen-bond donors (Lipinski definition) is 1. The number of anilines is 2. The van der Waals surface area contributed by atoms with Crippen molar-refractivity contribution in [1.82, 2.24) is 19.8 Å². The van der Waals surface area contributed by atoms with Crippen LogP contribution in [0.2, 0.25) is 0 Å². The molecule has 2 saturated heterocycles. The zero-order valence-corrected chi connectivity index (χ0v) is 21.1. The molecular formula is C26H34N6O4. The molecule has 0 unspecified atom stereocenters. The molecule has 0 bridgehead atoms. The Morgan fingerprint density at radius 1 is 1.00 bits per heavy atom. The van der Waals surface area contributed by atoms with E-state index >= 15 is 0 Å². The van der Waals surface area contributed by atoms with Gasteiger partial charge in [-0.05, 0) is 57.4 Å². The number of aromatic nitrogens is 2. The Labute approximate surface area is 211 Å². The van der Waals surface area contributed by atoms with Crippen molar-refractivity contribution < 1.29 is 19.1 Å². The predicted octanol–water partition coefficient (Wildman–Crippen LogP) is 2.71. The average molecular weight is 495 g/mol. The van der Waals surface area contributed by atoms with E-state index in [0.29, 0.717) is 57.2 Å². The first kappa shape index (κ1) is 25.4. The summed E-state index contributed by atoms with van der Waals surface area (Å²) in [4.78, 5) is 52.1. The number of amides is 3. The fraction of sp³-hybridized carbons (Fsp3) is 0.500. The van der Waals surface area contributed by atoms with Gasteiger partial charge < -0.3 is 19.9 Å². The Kier molecular flexibility index (Phi) is 7.71. The highest BCUT2D eigenvalue weighted by Crippen LogP contribution is 2.22. The van der Waals surface area contributed by atoms with E-state index < -0.39 is 17.7 Å². The molecule has 0 spiro atoms. The Hall–Kier alpha value is -3.69. The lowest BCUT2D eigenvalue weighted by molar-refractivity contribution is -0.130. The van der Waals surface area contributed by atoms with Gasteiger partial charge in [0.2, 0.25) is 17.8 Å². The van der Waals surface area contributed by atoms with Gasteiger partial charge in [0, 0.05) is 50.8 Å².